The molecule has 0 N–H and O–H groups in total. The molecule has 0 aromatic rings. The largest absolute Gasteiger partial charge is 0.466 e. The molecule has 0 aromatic heterocycles. The lowest BCUT2D eigenvalue weighted by atomic mass is 10.5. The molecule has 0 unspecified atom stereocenters. The van der Waals surface area contributed by atoms with E-state index in [9.17, 15) is 4.79 Å². The van der Waals surface area contributed by atoms with Gasteiger partial charge in [-0.2, -0.15) is 0 Å². The molecule has 0 fully saturated rings. The number of ether oxygens (including phenoxy) is 1. The highest BCUT2D eigenvalue weighted by Crippen LogP contribution is 2.12. The van der Waals surface area contributed by atoms with Gasteiger partial charge in [0.15, 0.2) is 0 Å². The highest BCUT2D eigenvalue weighted by Gasteiger charge is 2.14. The lowest BCUT2D eigenvalue weighted by Crippen LogP contribution is -2.22. The highest BCUT2D eigenvalue weighted by atomic mass is 28.3. The van der Waals surface area contributed by atoms with Crippen LogP contribution in [0.3, 0.4) is 0 Å². The van der Waals surface area contributed by atoms with Crippen LogP contribution in [-0.2, 0) is 9.53 Å². The summed E-state index contributed by atoms with van der Waals surface area (Å²) >= 11 is 0. The van der Waals surface area contributed by atoms with Crippen molar-refractivity contribution in [3.05, 3.63) is 12.3 Å². The van der Waals surface area contributed by atoms with E-state index in [4.69, 9.17) is 4.74 Å². The van der Waals surface area contributed by atoms with E-state index in [-0.39, 0.29) is 5.97 Å². The zero-order valence-electron chi connectivity index (χ0n) is 8.22. The molecule has 0 aliphatic rings. The Morgan fingerprint density at radius 3 is 2.58 bits per heavy atom. The van der Waals surface area contributed by atoms with Gasteiger partial charge in [0.2, 0.25) is 0 Å². The number of carbonyl (C=O) groups is 1. The van der Waals surface area contributed by atoms with Crippen molar-refractivity contribution in [2.24, 2.45) is 0 Å². The Hall–Kier alpha value is -0.573. The molecule has 0 heterocycles. The zero-order chi connectivity index (χ0) is 9.61. The molecule has 0 radical (unpaired) electrons. The van der Waals surface area contributed by atoms with E-state index in [1.54, 1.807) is 0 Å². The minimum atomic E-state index is -1.18. The normalized spacial score (nSPS) is 10.9. The fourth-order valence-electron chi connectivity index (χ4n) is 0.846. The molecule has 0 aliphatic heterocycles. The minimum absolute atomic E-state index is 0.187. The molecule has 0 spiro atoms. The van der Waals surface area contributed by atoms with Gasteiger partial charge in [0, 0.05) is 6.92 Å². The molecule has 0 aromatic carbocycles. The van der Waals surface area contributed by atoms with Crippen LogP contribution >= 0.6 is 0 Å². The smallest absolute Gasteiger partial charge is 0.302 e. The predicted molar refractivity (Wildman–Crippen MR) is 53.7 cm³/mol. The summed E-state index contributed by atoms with van der Waals surface area (Å²) in [6.45, 7) is 10.3. The number of carbonyl (C=O) groups excluding carboxylic acids is 1. The molecule has 3 heteroatoms. The van der Waals surface area contributed by atoms with Crippen LogP contribution in [-0.4, -0.2) is 20.7 Å². The Kier molecular flexibility index (Phi) is 4.89. The number of hydrogen-bond acceptors (Lipinski definition) is 2. The second-order valence-corrected chi connectivity index (χ2v) is 8.52. The summed E-state index contributed by atoms with van der Waals surface area (Å²) in [6, 6.07) is 1.14. The maximum absolute atomic E-state index is 10.4. The van der Waals surface area contributed by atoms with Gasteiger partial charge in [-0.25, -0.2) is 0 Å². The Labute approximate surface area is 75.6 Å². The Bertz CT molecular complexity index is 164. The van der Waals surface area contributed by atoms with Crippen LogP contribution in [0.5, 0.6) is 0 Å². The summed E-state index contributed by atoms with van der Waals surface area (Å²) in [6.07, 6.45) is 0.963. The predicted octanol–water partition coefficient (Wildman–Crippen LogP) is 2.37. The fraction of sp³-hybridized carbons (Fsp3) is 0.667. The van der Waals surface area contributed by atoms with E-state index in [0.29, 0.717) is 6.61 Å². The third-order valence-corrected chi connectivity index (χ3v) is 4.57. The third kappa shape index (κ3) is 6.16. The molecule has 0 aliphatic carbocycles. The van der Waals surface area contributed by atoms with Crippen LogP contribution in [0.25, 0.3) is 0 Å². The summed E-state index contributed by atoms with van der Waals surface area (Å²) in [5.41, 5.74) is 2.07. The van der Waals surface area contributed by atoms with Crippen LogP contribution in [0.4, 0.5) is 0 Å². The molecule has 0 saturated heterocycles. The van der Waals surface area contributed by atoms with Crippen LogP contribution in [0, 0.1) is 0 Å². The van der Waals surface area contributed by atoms with E-state index in [2.05, 4.69) is 25.4 Å². The van der Waals surface area contributed by atoms with Crippen LogP contribution < -0.4 is 0 Å². The maximum Gasteiger partial charge on any atom is 0.302 e. The minimum Gasteiger partial charge on any atom is -0.466 e. The molecular weight excluding hydrogens is 168 g/mol. The summed E-state index contributed by atoms with van der Waals surface area (Å²) < 4.78 is 4.83. The third-order valence-electron chi connectivity index (χ3n) is 1.82. The molecule has 2 nitrogen and oxygen atoms in total. The second-order valence-electron chi connectivity index (χ2n) is 3.64. The first-order valence-corrected chi connectivity index (χ1v) is 7.53. The lowest BCUT2D eigenvalue weighted by Gasteiger charge is -2.16. The molecule has 0 rings (SSSR count). The summed E-state index contributed by atoms with van der Waals surface area (Å²) in [5.74, 6) is -0.187. The van der Waals surface area contributed by atoms with Crippen LogP contribution in [0.15, 0.2) is 12.3 Å². The molecule has 0 amide bonds. The van der Waals surface area contributed by atoms with Gasteiger partial charge in [-0.15, -0.1) is 12.3 Å². The Morgan fingerprint density at radius 1 is 1.58 bits per heavy atom. The van der Waals surface area contributed by atoms with Crippen molar-refractivity contribution >= 4 is 14.0 Å². The second kappa shape index (κ2) is 5.14. The quantitative estimate of drug-likeness (QED) is 0.374. The van der Waals surface area contributed by atoms with Crippen LogP contribution in [0.2, 0.25) is 19.1 Å². The van der Waals surface area contributed by atoms with Gasteiger partial charge in [-0.1, -0.05) is 19.1 Å². The highest BCUT2D eigenvalue weighted by molar-refractivity contribution is 6.82. The Morgan fingerprint density at radius 2 is 2.17 bits per heavy atom. The first kappa shape index (κ1) is 11.4. The summed E-state index contributed by atoms with van der Waals surface area (Å²) in [5, 5.41) is 0. The van der Waals surface area contributed by atoms with Crippen molar-refractivity contribution in [3.63, 3.8) is 0 Å². The first-order chi connectivity index (χ1) is 5.48. The average molecular weight is 186 g/mol. The van der Waals surface area contributed by atoms with Crippen LogP contribution in [0.1, 0.15) is 13.3 Å². The number of rotatable bonds is 5. The van der Waals surface area contributed by atoms with Crippen molar-refractivity contribution in [3.8, 4) is 0 Å². The van der Waals surface area contributed by atoms with Gasteiger partial charge in [0.25, 0.3) is 0 Å². The van der Waals surface area contributed by atoms with E-state index in [0.717, 1.165) is 12.5 Å². The van der Waals surface area contributed by atoms with Gasteiger partial charge < -0.3 is 4.74 Å². The standard InChI is InChI=1S/C9H18O2Si/c1-5-12(3,4)8-6-7-11-9(2)10/h5H,1,6-8H2,2-4H3. The summed E-state index contributed by atoms with van der Waals surface area (Å²) in [4.78, 5) is 10.4. The van der Waals surface area contributed by atoms with Crippen molar-refractivity contribution in [1.29, 1.82) is 0 Å². The van der Waals surface area contributed by atoms with Gasteiger partial charge >= 0.3 is 5.97 Å². The SMILES string of the molecule is C=C[Si](C)(C)CCCOC(C)=O. The fourth-order valence-corrected chi connectivity index (χ4v) is 2.11. The topological polar surface area (TPSA) is 26.3 Å². The molecular formula is C9H18O2Si. The van der Waals surface area contributed by atoms with Crippen molar-refractivity contribution in [1.82, 2.24) is 0 Å². The van der Waals surface area contributed by atoms with E-state index in [1.165, 1.54) is 6.92 Å². The van der Waals surface area contributed by atoms with Gasteiger partial charge in [-0.3, -0.25) is 4.79 Å². The first-order valence-electron chi connectivity index (χ1n) is 4.25. The molecule has 12 heavy (non-hydrogen) atoms. The zero-order valence-corrected chi connectivity index (χ0v) is 9.22. The Balaban J connectivity index is 3.43. The molecule has 0 bridgehead atoms. The maximum atomic E-state index is 10.4. The van der Waals surface area contributed by atoms with E-state index < -0.39 is 8.07 Å². The van der Waals surface area contributed by atoms with E-state index >= 15 is 0 Å². The van der Waals surface area contributed by atoms with Crippen molar-refractivity contribution in [2.45, 2.75) is 32.5 Å². The van der Waals surface area contributed by atoms with Gasteiger partial charge in [0.05, 0.1) is 14.7 Å². The molecule has 0 atom stereocenters. The molecule has 0 saturated carbocycles. The average Bonchev–Trinajstić information content (AvgIpc) is 1.98. The van der Waals surface area contributed by atoms with Crippen molar-refractivity contribution < 1.29 is 9.53 Å². The summed E-state index contributed by atoms with van der Waals surface area (Å²) in [7, 11) is -1.18. The number of hydrogen-bond donors (Lipinski definition) is 0. The number of esters is 1. The van der Waals surface area contributed by atoms with Crippen molar-refractivity contribution in [2.75, 3.05) is 6.61 Å². The van der Waals surface area contributed by atoms with E-state index in [1.807, 2.05) is 0 Å². The molecule has 70 valence electrons. The lowest BCUT2D eigenvalue weighted by molar-refractivity contribution is -0.140. The van der Waals surface area contributed by atoms with Gasteiger partial charge in [-0.05, 0) is 6.42 Å². The monoisotopic (exact) mass is 186 g/mol. The van der Waals surface area contributed by atoms with Gasteiger partial charge in [0.1, 0.15) is 0 Å².